The number of nitrogens with zero attached hydrogens (tertiary/aromatic N) is 4. The third-order valence-electron chi connectivity index (χ3n) is 12.5. The highest BCUT2D eigenvalue weighted by Gasteiger charge is 2.37. The highest BCUT2D eigenvalue weighted by Crippen LogP contribution is 2.53. The fourth-order valence-electron chi connectivity index (χ4n) is 9.21. The standard InChI is InChI=1S/C45H56N4O6/c1-7-48-18-20-49(21-19-48)27-36-34-15-17-47(3)38-23-30-10-13-39(51-4)41(24-30)54-33-11-8-29(9-12-33)22-37-35-26-40(32(28-50)25-31(35)14-16-46(37)2)55-44(42(34)38)45(53-6)43(36)52-5/h8-13,24-26,37-38,50H,7,14-23,27-28H2,1-6H3/t37-,38-/m0/s1. The Morgan fingerprint density at radius 2 is 1.40 bits per heavy atom. The zero-order chi connectivity index (χ0) is 38.2. The molecule has 1 fully saturated rings. The second kappa shape index (κ2) is 16.0. The van der Waals surface area contributed by atoms with Crippen LogP contribution in [0.5, 0.6) is 40.2 Å². The summed E-state index contributed by atoms with van der Waals surface area (Å²) in [6, 6.07) is 19.1. The maximum Gasteiger partial charge on any atom is 0.204 e. The van der Waals surface area contributed by atoms with Crippen molar-refractivity contribution in [3.8, 4) is 40.2 Å². The summed E-state index contributed by atoms with van der Waals surface area (Å²) in [5, 5.41) is 10.9. The van der Waals surface area contributed by atoms with Gasteiger partial charge in [-0.15, -0.1) is 0 Å². The molecule has 10 nitrogen and oxygen atoms in total. The first-order valence-electron chi connectivity index (χ1n) is 19.8. The third-order valence-corrected chi connectivity index (χ3v) is 12.5. The Morgan fingerprint density at radius 1 is 0.709 bits per heavy atom. The van der Waals surface area contributed by atoms with E-state index in [4.69, 9.17) is 23.7 Å². The molecule has 6 bridgehead atoms. The van der Waals surface area contributed by atoms with Gasteiger partial charge in [-0.25, -0.2) is 0 Å². The molecule has 0 aliphatic carbocycles. The van der Waals surface area contributed by atoms with Crippen molar-refractivity contribution in [1.82, 2.24) is 19.6 Å². The van der Waals surface area contributed by atoms with Crippen LogP contribution >= 0.6 is 0 Å². The first kappa shape index (κ1) is 37.6. The van der Waals surface area contributed by atoms with Crippen molar-refractivity contribution in [1.29, 1.82) is 0 Å². The van der Waals surface area contributed by atoms with Crippen LogP contribution in [0.1, 0.15) is 63.5 Å². The topological polar surface area (TPSA) is 79.3 Å². The number of piperazine rings is 1. The van der Waals surface area contributed by atoms with Crippen molar-refractivity contribution in [3.63, 3.8) is 0 Å². The first-order chi connectivity index (χ1) is 26.8. The molecule has 2 atom stereocenters. The zero-order valence-corrected chi connectivity index (χ0v) is 33.3. The van der Waals surface area contributed by atoms with Crippen LogP contribution in [-0.4, -0.2) is 106 Å². The molecule has 1 saturated heterocycles. The normalized spacial score (nSPS) is 20.5. The Balaban J connectivity index is 1.35. The Kier molecular flexibility index (Phi) is 11.0. The molecule has 0 amide bonds. The maximum absolute atomic E-state index is 10.9. The van der Waals surface area contributed by atoms with E-state index in [0.717, 1.165) is 99.8 Å². The molecule has 0 unspecified atom stereocenters. The molecule has 0 aromatic heterocycles. The molecule has 1 N–H and O–H groups in total. The Hall–Kier alpha value is -4.32. The minimum Gasteiger partial charge on any atom is -0.493 e. The van der Waals surface area contributed by atoms with Crippen molar-refractivity contribution in [2.75, 3.05) is 81.2 Å². The van der Waals surface area contributed by atoms with Gasteiger partial charge in [0.15, 0.2) is 23.0 Å². The van der Waals surface area contributed by atoms with Crippen LogP contribution in [0, 0.1) is 0 Å². The Labute approximate surface area is 326 Å². The van der Waals surface area contributed by atoms with Crippen LogP contribution < -0.4 is 23.7 Å². The lowest BCUT2D eigenvalue weighted by molar-refractivity contribution is 0.130. The summed E-state index contributed by atoms with van der Waals surface area (Å²) in [6.07, 6.45) is 3.27. The Bertz CT molecular complexity index is 2010. The van der Waals surface area contributed by atoms with Gasteiger partial charge in [0, 0.05) is 74.6 Å². The molecular weight excluding hydrogens is 693 g/mol. The fourth-order valence-corrected chi connectivity index (χ4v) is 9.21. The molecule has 292 valence electrons. The van der Waals surface area contributed by atoms with Gasteiger partial charge in [0.2, 0.25) is 5.75 Å². The molecule has 0 radical (unpaired) electrons. The number of ether oxygens (including phenoxy) is 5. The highest BCUT2D eigenvalue weighted by atomic mass is 16.5. The summed E-state index contributed by atoms with van der Waals surface area (Å²) in [4.78, 5) is 9.91. The molecule has 5 aliphatic rings. The molecule has 55 heavy (non-hydrogen) atoms. The van der Waals surface area contributed by atoms with Gasteiger partial charge in [0.05, 0.1) is 27.9 Å². The number of likely N-dealkylation sites (N-methyl/N-ethyl adjacent to an activating group) is 3. The fraction of sp³-hybridized carbons (Fsp3) is 0.467. The first-order valence-corrected chi connectivity index (χ1v) is 19.8. The number of rotatable bonds is 7. The van der Waals surface area contributed by atoms with Crippen LogP contribution in [-0.2, 0) is 38.8 Å². The maximum atomic E-state index is 10.9. The number of fused-ring (bicyclic) bond motifs is 2. The van der Waals surface area contributed by atoms with Crippen molar-refractivity contribution in [2.45, 2.75) is 57.8 Å². The van der Waals surface area contributed by atoms with Crippen LogP contribution in [0.4, 0.5) is 0 Å². The Morgan fingerprint density at radius 3 is 2.11 bits per heavy atom. The van der Waals surface area contributed by atoms with Gasteiger partial charge in [-0.1, -0.05) is 25.1 Å². The van der Waals surface area contributed by atoms with E-state index in [0.29, 0.717) is 35.2 Å². The predicted molar refractivity (Wildman–Crippen MR) is 214 cm³/mol. The molecule has 4 aromatic carbocycles. The molecule has 0 spiro atoms. The molecule has 9 rings (SSSR count). The number of aliphatic hydroxyl groups excluding tert-OH is 1. The van der Waals surface area contributed by atoms with Crippen LogP contribution in [0.15, 0.2) is 54.6 Å². The number of benzene rings is 4. The molecular formula is C45H56N4O6. The lowest BCUT2D eigenvalue weighted by Gasteiger charge is -2.40. The zero-order valence-electron chi connectivity index (χ0n) is 33.3. The molecule has 5 heterocycles. The number of aliphatic hydroxyl groups is 1. The molecule has 10 heteroatoms. The molecule has 4 aromatic rings. The van der Waals surface area contributed by atoms with Gasteiger partial charge in [-0.2, -0.15) is 0 Å². The third kappa shape index (κ3) is 7.27. The van der Waals surface area contributed by atoms with Gasteiger partial charge < -0.3 is 33.7 Å². The summed E-state index contributed by atoms with van der Waals surface area (Å²) < 4.78 is 32.3. The predicted octanol–water partition coefficient (Wildman–Crippen LogP) is 6.78. The average Bonchev–Trinajstić information content (AvgIpc) is 3.21. The smallest absolute Gasteiger partial charge is 0.204 e. The largest absolute Gasteiger partial charge is 0.493 e. The summed E-state index contributed by atoms with van der Waals surface area (Å²) in [7, 11) is 9.54. The number of methoxy groups -OCH3 is 3. The lowest BCUT2D eigenvalue weighted by Crippen LogP contribution is -2.46. The second-order valence-electron chi connectivity index (χ2n) is 15.5. The quantitative estimate of drug-likeness (QED) is 0.219. The molecule has 5 aliphatic heterocycles. The highest BCUT2D eigenvalue weighted by molar-refractivity contribution is 5.67. The van der Waals surface area contributed by atoms with Gasteiger partial charge >= 0.3 is 0 Å². The van der Waals surface area contributed by atoms with E-state index in [2.05, 4.69) is 89.1 Å². The van der Waals surface area contributed by atoms with E-state index in [1.165, 1.54) is 27.8 Å². The monoisotopic (exact) mass is 748 g/mol. The second-order valence-corrected chi connectivity index (χ2v) is 15.5. The lowest BCUT2D eigenvalue weighted by atomic mass is 9.84. The van der Waals surface area contributed by atoms with E-state index >= 15 is 0 Å². The number of hydrogen-bond acceptors (Lipinski definition) is 10. The van der Waals surface area contributed by atoms with Crippen LogP contribution in [0.25, 0.3) is 0 Å². The summed E-state index contributed by atoms with van der Waals surface area (Å²) in [5.74, 6) is 4.76. The van der Waals surface area contributed by atoms with Gasteiger partial charge in [-0.3, -0.25) is 14.7 Å². The minimum absolute atomic E-state index is 0.0530. The van der Waals surface area contributed by atoms with E-state index < -0.39 is 0 Å². The molecule has 0 saturated carbocycles. The van der Waals surface area contributed by atoms with Crippen molar-refractivity contribution in [3.05, 3.63) is 99.1 Å². The van der Waals surface area contributed by atoms with E-state index in [-0.39, 0.29) is 18.7 Å². The average molecular weight is 749 g/mol. The van der Waals surface area contributed by atoms with Crippen molar-refractivity contribution in [2.24, 2.45) is 0 Å². The van der Waals surface area contributed by atoms with Crippen LogP contribution in [0.3, 0.4) is 0 Å². The van der Waals surface area contributed by atoms with Gasteiger partial charge in [0.25, 0.3) is 0 Å². The van der Waals surface area contributed by atoms with Crippen molar-refractivity contribution >= 4 is 0 Å². The van der Waals surface area contributed by atoms with Gasteiger partial charge in [0.1, 0.15) is 11.5 Å². The van der Waals surface area contributed by atoms with E-state index in [9.17, 15) is 5.11 Å². The van der Waals surface area contributed by atoms with Crippen LogP contribution in [0.2, 0.25) is 0 Å². The summed E-state index contributed by atoms with van der Waals surface area (Å²) in [6.45, 7) is 9.85. The minimum atomic E-state index is -0.133. The number of hydrogen-bond donors (Lipinski definition) is 1. The van der Waals surface area contributed by atoms with Gasteiger partial charge in [-0.05, 0) is 111 Å². The van der Waals surface area contributed by atoms with E-state index in [1.807, 2.05) is 6.07 Å². The van der Waals surface area contributed by atoms with Crippen molar-refractivity contribution < 1.29 is 28.8 Å². The summed E-state index contributed by atoms with van der Waals surface area (Å²) in [5.41, 5.74) is 9.11. The summed E-state index contributed by atoms with van der Waals surface area (Å²) >= 11 is 0. The SMILES string of the molecule is CCN1CCN(Cc2c3c4c(c(OC)c2OC)Oc2cc5c(cc2CO)CCN(C)[C@H]5Cc2ccc(cc2)Oc2cc(ccc2OC)C[C@@H]4N(C)CC3)CC1. The van der Waals surface area contributed by atoms with E-state index in [1.54, 1.807) is 21.3 Å².